The number of halogens is 2. The van der Waals surface area contributed by atoms with Crippen molar-refractivity contribution in [1.29, 1.82) is 0 Å². The highest BCUT2D eigenvalue weighted by atomic mass is 19.1. The minimum absolute atomic E-state index is 0.0709. The Morgan fingerprint density at radius 1 is 0.971 bits per heavy atom. The van der Waals surface area contributed by atoms with Crippen LogP contribution in [0.3, 0.4) is 0 Å². The Hall–Kier alpha value is -3.45. The first-order chi connectivity index (χ1) is 17.0. The molecule has 7 heteroatoms. The summed E-state index contributed by atoms with van der Waals surface area (Å²) in [6, 6.07) is 17.4. The molecule has 1 spiro atoms. The van der Waals surface area contributed by atoms with Crippen molar-refractivity contribution >= 4 is 6.09 Å². The molecule has 0 unspecified atom stereocenters. The van der Waals surface area contributed by atoms with Gasteiger partial charge in [0.2, 0.25) is 0 Å². The van der Waals surface area contributed by atoms with Crippen molar-refractivity contribution < 1.29 is 27.8 Å². The summed E-state index contributed by atoms with van der Waals surface area (Å²) in [6.45, 7) is 1.01. The maximum atomic E-state index is 14.4. The molecule has 0 aliphatic carbocycles. The number of carbonyl (C=O) groups is 1. The lowest BCUT2D eigenvalue weighted by Crippen LogP contribution is -2.51. The highest BCUT2D eigenvalue weighted by molar-refractivity contribution is 5.71. The number of piperidine rings is 1. The molecule has 35 heavy (non-hydrogen) atoms. The third kappa shape index (κ3) is 4.86. The van der Waals surface area contributed by atoms with Crippen LogP contribution in [0.25, 0.3) is 11.1 Å². The van der Waals surface area contributed by atoms with E-state index in [0.29, 0.717) is 24.4 Å². The normalized spacial score (nSPS) is 16.5. The predicted octanol–water partition coefficient (Wildman–Crippen LogP) is 6.14. The Balaban J connectivity index is 1.25. The minimum atomic E-state index is -0.618. The third-order valence-corrected chi connectivity index (χ3v) is 6.88. The minimum Gasteiger partial charge on any atom is -0.487 e. The number of benzene rings is 3. The number of nitrogens with zero attached hydrogens (tertiary/aromatic N) is 1. The summed E-state index contributed by atoms with van der Waals surface area (Å²) in [5.41, 5.74) is 1.84. The van der Waals surface area contributed by atoms with Crippen molar-refractivity contribution in [1.82, 2.24) is 4.90 Å². The van der Waals surface area contributed by atoms with Gasteiger partial charge < -0.3 is 19.1 Å². The molecule has 1 amide bonds. The molecule has 5 nitrogen and oxygen atoms in total. The molecule has 1 saturated heterocycles. The van der Waals surface area contributed by atoms with Gasteiger partial charge in [-0.3, -0.25) is 0 Å². The van der Waals surface area contributed by atoms with Crippen molar-refractivity contribution in [3.05, 3.63) is 83.4 Å². The zero-order valence-electron chi connectivity index (χ0n) is 19.6. The standard InChI is InChI=1S/C28H27F2NO4/c1-33-18-23-24(29)16-21(17-25(23)30)19-7-8-26-20(15-19)9-10-28(35-26)11-13-31(14-12-28)27(32)34-22-5-3-2-4-6-22/h2-8,15-17H,9-14,18H2,1H3. The molecule has 0 aromatic heterocycles. The first-order valence-electron chi connectivity index (χ1n) is 11.8. The number of fused-ring (bicyclic) bond motifs is 1. The summed E-state index contributed by atoms with van der Waals surface area (Å²) < 4.78 is 45.6. The second-order valence-electron chi connectivity index (χ2n) is 9.13. The molecule has 2 aliphatic heterocycles. The van der Waals surface area contributed by atoms with E-state index in [-0.39, 0.29) is 23.9 Å². The Morgan fingerprint density at radius 2 is 1.69 bits per heavy atom. The van der Waals surface area contributed by atoms with E-state index < -0.39 is 11.6 Å². The number of hydrogen-bond acceptors (Lipinski definition) is 4. The van der Waals surface area contributed by atoms with Crippen molar-refractivity contribution in [2.45, 2.75) is 37.9 Å². The highest BCUT2D eigenvalue weighted by Crippen LogP contribution is 2.41. The monoisotopic (exact) mass is 479 g/mol. The van der Waals surface area contributed by atoms with Crippen molar-refractivity contribution in [2.24, 2.45) is 0 Å². The first-order valence-corrected chi connectivity index (χ1v) is 11.8. The van der Waals surface area contributed by atoms with Gasteiger partial charge in [0.25, 0.3) is 0 Å². The smallest absolute Gasteiger partial charge is 0.415 e. The van der Waals surface area contributed by atoms with Gasteiger partial charge in [-0.25, -0.2) is 13.6 Å². The molecule has 0 bridgehead atoms. The quantitative estimate of drug-likeness (QED) is 0.451. The van der Waals surface area contributed by atoms with Crippen LogP contribution in [0.2, 0.25) is 0 Å². The largest absolute Gasteiger partial charge is 0.487 e. The highest BCUT2D eigenvalue weighted by Gasteiger charge is 2.41. The molecule has 0 N–H and O–H groups in total. The number of carbonyl (C=O) groups excluding carboxylic acids is 1. The number of ether oxygens (including phenoxy) is 3. The Morgan fingerprint density at radius 3 is 2.37 bits per heavy atom. The number of methoxy groups -OCH3 is 1. The van der Waals surface area contributed by atoms with E-state index >= 15 is 0 Å². The van der Waals surface area contributed by atoms with E-state index in [9.17, 15) is 13.6 Å². The molecule has 0 radical (unpaired) electrons. The van der Waals surface area contributed by atoms with Gasteiger partial charge in [0.1, 0.15) is 28.7 Å². The molecule has 0 atom stereocenters. The lowest BCUT2D eigenvalue weighted by molar-refractivity contribution is -0.00948. The molecule has 2 heterocycles. The number of aryl methyl sites for hydroxylation is 1. The number of rotatable bonds is 4. The SMILES string of the molecule is COCc1c(F)cc(-c2ccc3c(c2)CCC2(CCN(C(=O)Oc4ccccc4)CC2)O3)cc1F. The third-order valence-electron chi connectivity index (χ3n) is 6.88. The maximum absolute atomic E-state index is 14.4. The fraction of sp³-hybridized carbons (Fsp3) is 0.321. The van der Waals surface area contributed by atoms with Crippen LogP contribution in [-0.2, 0) is 17.8 Å². The molecule has 2 aliphatic rings. The van der Waals surface area contributed by atoms with E-state index in [4.69, 9.17) is 14.2 Å². The van der Waals surface area contributed by atoms with Gasteiger partial charge in [-0.15, -0.1) is 0 Å². The predicted molar refractivity (Wildman–Crippen MR) is 127 cm³/mol. The van der Waals surface area contributed by atoms with Crippen LogP contribution in [0, 0.1) is 11.6 Å². The fourth-order valence-corrected chi connectivity index (χ4v) is 4.86. The van der Waals surface area contributed by atoms with Crippen molar-refractivity contribution in [3.8, 4) is 22.6 Å². The first kappa shape index (κ1) is 23.3. The van der Waals surface area contributed by atoms with Crippen molar-refractivity contribution in [2.75, 3.05) is 20.2 Å². The maximum Gasteiger partial charge on any atom is 0.415 e. The molecule has 3 aromatic carbocycles. The lowest BCUT2D eigenvalue weighted by atomic mass is 9.82. The van der Waals surface area contributed by atoms with E-state index in [0.717, 1.165) is 42.6 Å². The molecule has 1 fully saturated rings. The van der Waals surface area contributed by atoms with Gasteiger partial charge >= 0.3 is 6.09 Å². The summed E-state index contributed by atoms with van der Waals surface area (Å²) in [5.74, 6) is 0.0847. The number of hydrogen-bond donors (Lipinski definition) is 0. The summed E-state index contributed by atoms with van der Waals surface area (Å²) >= 11 is 0. The molecule has 182 valence electrons. The van der Waals surface area contributed by atoms with Gasteiger partial charge in [-0.1, -0.05) is 24.3 Å². The number of para-hydroxylation sites is 1. The Bertz CT molecular complexity index is 1200. The van der Waals surface area contributed by atoms with E-state index in [1.54, 1.807) is 17.0 Å². The van der Waals surface area contributed by atoms with Crippen LogP contribution in [0.5, 0.6) is 11.5 Å². The lowest BCUT2D eigenvalue weighted by Gasteiger charge is -2.44. The van der Waals surface area contributed by atoms with Crippen LogP contribution < -0.4 is 9.47 Å². The number of likely N-dealkylation sites (tertiary alicyclic amines) is 1. The topological polar surface area (TPSA) is 48.0 Å². The fourth-order valence-electron chi connectivity index (χ4n) is 4.86. The van der Waals surface area contributed by atoms with Gasteiger partial charge in [0.15, 0.2) is 0 Å². The molecule has 5 rings (SSSR count). The van der Waals surface area contributed by atoms with Gasteiger partial charge in [-0.05, 0) is 65.9 Å². The summed E-state index contributed by atoms with van der Waals surface area (Å²) in [6.07, 6.45) is 2.71. The average molecular weight is 480 g/mol. The molecular formula is C28H27F2NO4. The van der Waals surface area contributed by atoms with Gasteiger partial charge in [-0.2, -0.15) is 0 Å². The average Bonchev–Trinajstić information content (AvgIpc) is 2.87. The molecule has 0 saturated carbocycles. The zero-order chi connectivity index (χ0) is 24.4. The molecular weight excluding hydrogens is 452 g/mol. The summed E-state index contributed by atoms with van der Waals surface area (Å²) in [5, 5.41) is 0. The van der Waals surface area contributed by atoms with Crippen molar-refractivity contribution in [3.63, 3.8) is 0 Å². The summed E-state index contributed by atoms with van der Waals surface area (Å²) in [4.78, 5) is 14.2. The van der Waals surface area contributed by atoms with Crippen LogP contribution in [0.4, 0.5) is 13.6 Å². The van der Waals surface area contributed by atoms with E-state index in [2.05, 4.69) is 0 Å². The van der Waals surface area contributed by atoms with Crippen LogP contribution >= 0.6 is 0 Å². The second kappa shape index (κ2) is 9.66. The van der Waals surface area contributed by atoms with Crippen LogP contribution in [0.1, 0.15) is 30.4 Å². The number of amides is 1. The Labute approximate surface area is 203 Å². The summed E-state index contributed by atoms with van der Waals surface area (Å²) in [7, 11) is 1.41. The van der Waals surface area contributed by atoms with Crippen LogP contribution in [-0.4, -0.2) is 36.8 Å². The van der Waals surface area contributed by atoms with E-state index in [1.807, 2.05) is 36.4 Å². The zero-order valence-corrected chi connectivity index (χ0v) is 19.6. The van der Waals surface area contributed by atoms with Crippen LogP contribution in [0.15, 0.2) is 60.7 Å². The Kier molecular flexibility index (Phi) is 6.43. The molecule has 3 aromatic rings. The van der Waals surface area contributed by atoms with Gasteiger partial charge in [0, 0.05) is 38.6 Å². The van der Waals surface area contributed by atoms with Gasteiger partial charge in [0.05, 0.1) is 6.61 Å². The van der Waals surface area contributed by atoms with E-state index in [1.165, 1.54) is 19.2 Å². The second-order valence-corrected chi connectivity index (χ2v) is 9.13.